The van der Waals surface area contributed by atoms with Crippen molar-refractivity contribution in [3.63, 3.8) is 0 Å². The predicted octanol–water partition coefficient (Wildman–Crippen LogP) is 3.71. The van der Waals surface area contributed by atoms with Crippen molar-refractivity contribution in [2.45, 2.75) is 24.3 Å². The lowest BCUT2D eigenvalue weighted by Gasteiger charge is -2.12. The summed E-state index contributed by atoms with van der Waals surface area (Å²) in [7, 11) is -3.66. The van der Waals surface area contributed by atoms with E-state index in [9.17, 15) is 23.4 Å². The van der Waals surface area contributed by atoms with Crippen molar-refractivity contribution in [1.82, 2.24) is 5.32 Å². The van der Waals surface area contributed by atoms with E-state index < -0.39 is 21.9 Å². The number of hydrogen-bond acceptors (Lipinski definition) is 5. The minimum absolute atomic E-state index is 0.157. The zero-order valence-corrected chi connectivity index (χ0v) is 18.7. The van der Waals surface area contributed by atoms with Crippen molar-refractivity contribution in [3.05, 3.63) is 89.5 Å². The molecule has 1 unspecified atom stereocenters. The third-order valence-corrected chi connectivity index (χ3v) is 7.09. The molecule has 0 amide bonds. The van der Waals surface area contributed by atoms with Crippen molar-refractivity contribution in [1.29, 1.82) is 0 Å². The molecule has 3 N–H and O–H groups in total. The van der Waals surface area contributed by atoms with Gasteiger partial charge in [0.05, 0.1) is 22.3 Å². The average Bonchev–Trinajstić information content (AvgIpc) is 2.82. The SMILES string of the molecule is CCS(=O)(=O)c1cc(-c2ccc(CCNCC(O)c3ccccc3)cc2)ccc1C(=O)O. The Kier molecular flexibility index (Phi) is 7.80. The molecule has 6 nitrogen and oxygen atoms in total. The molecule has 3 aromatic rings. The zero-order chi connectivity index (χ0) is 23.1. The van der Waals surface area contributed by atoms with Gasteiger partial charge in [-0.05, 0) is 47.4 Å². The van der Waals surface area contributed by atoms with Crippen LogP contribution in [0.2, 0.25) is 0 Å². The summed E-state index contributed by atoms with van der Waals surface area (Å²) in [5, 5.41) is 22.8. The average molecular weight is 454 g/mol. The first-order valence-corrected chi connectivity index (χ1v) is 12.1. The second kappa shape index (κ2) is 10.5. The number of hydrogen-bond donors (Lipinski definition) is 3. The summed E-state index contributed by atoms with van der Waals surface area (Å²) >= 11 is 0. The molecule has 0 aliphatic carbocycles. The Hall–Kier alpha value is -3.00. The second-order valence-corrected chi connectivity index (χ2v) is 9.74. The highest BCUT2D eigenvalue weighted by Crippen LogP contribution is 2.27. The van der Waals surface area contributed by atoms with E-state index in [4.69, 9.17) is 0 Å². The van der Waals surface area contributed by atoms with E-state index in [1.54, 1.807) is 6.07 Å². The van der Waals surface area contributed by atoms with Crippen LogP contribution in [0.15, 0.2) is 77.7 Å². The maximum absolute atomic E-state index is 12.4. The van der Waals surface area contributed by atoms with E-state index in [-0.39, 0.29) is 16.2 Å². The summed E-state index contributed by atoms with van der Waals surface area (Å²) in [5.41, 5.74) is 3.22. The highest BCUT2D eigenvalue weighted by atomic mass is 32.2. The van der Waals surface area contributed by atoms with Crippen molar-refractivity contribution < 1.29 is 23.4 Å². The van der Waals surface area contributed by atoms with E-state index in [2.05, 4.69) is 5.32 Å². The summed E-state index contributed by atoms with van der Waals surface area (Å²) < 4.78 is 24.7. The quantitative estimate of drug-likeness (QED) is 0.404. The molecule has 3 aromatic carbocycles. The maximum atomic E-state index is 12.4. The highest BCUT2D eigenvalue weighted by Gasteiger charge is 2.21. The van der Waals surface area contributed by atoms with Gasteiger partial charge in [0, 0.05) is 6.54 Å². The van der Waals surface area contributed by atoms with Crippen LogP contribution >= 0.6 is 0 Å². The van der Waals surface area contributed by atoms with Gasteiger partial charge in [0.25, 0.3) is 0 Å². The van der Waals surface area contributed by atoms with Crippen molar-refractivity contribution >= 4 is 15.8 Å². The number of sulfone groups is 1. The number of aliphatic hydroxyl groups excluding tert-OH is 1. The lowest BCUT2D eigenvalue weighted by atomic mass is 10.0. The largest absolute Gasteiger partial charge is 0.478 e. The summed E-state index contributed by atoms with van der Waals surface area (Å²) in [6, 6.07) is 21.6. The summed E-state index contributed by atoms with van der Waals surface area (Å²) in [6.07, 6.45) is 0.218. The fraction of sp³-hybridized carbons (Fsp3) is 0.240. The van der Waals surface area contributed by atoms with Crippen LogP contribution in [-0.4, -0.2) is 43.4 Å². The Labute approximate surface area is 188 Å². The number of aliphatic hydroxyl groups is 1. The third kappa shape index (κ3) is 5.82. The van der Waals surface area contributed by atoms with Crippen LogP contribution < -0.4 is 5.32 Å². The van der Waals surface area contributed by atoms with Crippen LogP contribution in [0.4, 0.5) is 0 Å². The fourth-order valence-corrected chi connectivity index (χ4v) is 4.53. The van der Waals surface area contributed by atoms with Gasteiger partial charge in [-0.3, -0.25) is 0 Å². The van der Waals surface area contributed by atoms with Crippen LogP contribution in [0.1, 0.15) is 34.5 Å². The Bertz CT molecular complexity index is 1160. The molecule has 3 rings (SSSR count). The summed E-state index contributed by atoms with van der Waals surface area (Å²) in [5.74, 6) is -1.43. The van der Waals surface area contributed by atoms with Gasteiger partial charge < -0.3 is 15.5 Å². The number of nitrogens with one attached hydrogen (secondary N) is 1. The minimum atomic E-state index is -3.66. The number of rotatable bonds is 10. The first-order chi connectivity index (χ1) is 15.3. The normalized spacial score (nSPS) is 12.4. The first-order valence-electron chi connectivity index (χ1n) is 10.4. The highest BCUT2D eigenvalue weighted by molar-refractivity contribution is 7.91. The van der Waals surface area contributed by atoms with Crippen LogP contribution in [-0.2, 0) is 16.3 Å². The number of aromatic carboxylic acids is 1. The van der Waals surface area contributed by atoms with Gasteiger partial charge >= 0.3 is 5.97 Å². The number of benzene rings is 3. The molecule has 0 fully saturated rings. The molecule has 0 radical (unpaired) electrons. The Balaban J connectivity index is 1.64. The fourth-order valence-electron chi connectivity index (χ4n) is 3.42. The Morgan fingerprint density at radius 2 is 1.62 bits per heavy atom. The van der Waals surface area contributed by atoms with Crippen LogP contribution in [0.5, 0.6) is 0 Å². The molecule has 0 saturated heterocycles. The van der Waals surface area contributed by atoms with Gasteiger partial charge in [-0.1, -0.05) is 67.6 Å². The molecule has 0 heterocycles. The van der Waals surface area contributed by atoms with E-state index in [1.165, 1.54) is 19.1 Å². The molecule has 0 saturated carbocycles. The standard InChI is InChI=1S/C25H27NO5S/c1-2-32(30,31)24-16-21(12-13-22(24)25(28)29)19-10-8-18(9-11-19)14-15-26-17-23(27)20-6-4-3-5-7-20/h3-13,16,23,26-27H,2,14-15,17H2,1H3,(H,28,29). The molecule has 1 atom stereocenters. The molecule has 0 aliphatic heterocycles. The van der Waals surface area contributed by atoms with Crippen LogP contribution in [0.25, 0.3) is 11.1 Å². The van der Waals surface area contributed by atoms with Gasteiger partial charge in [0.2, 0.25) is 0 Å². The molecule has 32 heavy (non-hydrogen) atoms. The molecular weight excluding hydrogens is 426 g/mol. The molecule has 7 heteroatoms. The molecule has 0 bridgehead atoms. The molecule has 0 spiro atoms. The number of carboxylic acid groups (broad SMARTS) is 1. The lowest BCUT2D eigenvalue weighted by Crippen LogP contribution is -2.23. The first kappa shape index (κ1) is 23.7. The van der Waals surface area contributed by atoms with Gasteiger partial charge in [-0.2, -0.15) is 0 Å². The number of carbonyl (C=O) groups is 1. The zero-order valence-electron chi connectivity index (χ0n) is 17.9. The monoisotopic (exact) mass is 453 g/mol. The summed E-state index contributed by atoms with van der Waals surface area (Å²) in [4.78, 5) is 11.3. The minimum Gasteiger partial charge on any atom is -0.478 e. The molecule has 0 aromatic heterocycles. The maximum Gasteiger partial charge on any atom is 0.337 e. The van der Waals surface area contributed by atoms with Gasteiger partial charge in [0.1, 0.15) is 0 Å². The number of carboxylic acids is 1. The molecule has 0 aliphatic rings. The molecule has 168 valence electrons. The van der Waals surface area contributed by atoms with Crippen molar-refractivity contribution in [2.75, 3.05) is 18.8 Å². The van der Waals surface area contributed by atoms with Gasteiger partial charge in [-0.25, -0.2) is 13.2 Å². The van der Waals surface area contributed by atoms with E-state index in [0.717, 1.165) is 23.1 Å². The Morgan fingerprint density at radius 1 is 0.969 bits per heavy atom. The van der Waals surface area contributed by atoms with Crippen LogP contribution in [0.3, 0.4) is 0 Å². The third-order valence-electron chi connectivity index (χ3n) is 5.33. The van der Waals surface area contributed by atoms with Crippen LogP contribution in [0, 0.1) is 0 Å². The summed E-state index contributed by atoms with van der Waals surface area (Å²) in [6.45, 7) is 2.66. The van der Waals surface area contributed by atoms with Gasteiger partial charge in [-0.15, -0.1) is 0 Å². The topological polar surface area (TPSA) is 104 Å². The molecular formula is C25H27NO5S. The lowest BCUT2D eigenvalue weighted by molar-refractivity contribution is 0.0692. The van der Waals surface area contributed by atoms with E-state index >= 15 is 0 Å². The second-order valence-electron chi connectivity index (χ2n) is 7.50. The van der Waals surface area contributed by atoms with Gasteiger partial charge in [0.15, 0.2) is 9.84 Å². The van der Waals surface area contributed by atoms with Crippen molar-refractivity contribution in [2.24, 2.45) is 0 Å². The smallest absolute Gasteiger partial charge is 0.337 e. The van der Waals surface area contributed by atoms with E-state index in [0.29, 0.717) is 18.7 Å². The van der Waals surface area contributed by atoms with E-state index in [1.807, 2.05) is 54.6 Å². The van der Waals surface area contributed by atoms with Crippen molar-refractivity contribution in [3.8, 4) is 11.1 Å². The predicted molar refractivity (Wildman–Crippen MR) is 125 cm³/mol. The Morgan fingerprint density at radius 3 is 2.25 bits per heavy atom.